The number of benzene rings is 1. The van der Waals surface area contributed by atoms with Crippen molar-refractivity contribution in [3.05, 3.63) is 23.3 Å². The number of aryl methyl sites for hydroxylation is 1. The number of rotatable bonds is 10. The molecule has 0 bridgehead atoms. The van der Waals surface area contributed by atoms with E-state index < -0.39 is 24.6 Å². The fraction of sp³-hybridized carbons (Fsp3) is 0.667. The van der Waals surface area contributed by atoms with E-state index in [-0.39, 0.29) is 55.5 Å². The summed E-state index contributed by atoms with van der Waals surface area (Å²) in [6, 6.07) is 2.97. The molecule has 1 aromatic carbocycles. The second kappa shape index (κ2) is 15.0. The van der Waals surface area contributed by atoms with E-state index in [1.165, 1.54) is 4.90 Å². The molecule has 1 saturated heterocycles. The van der Waals surface area contributed by atoms with Crippen molar-refractivity contribution in [1.82, 2.24) is 15.1 Å². The Morgan fingerprint density at radius 3 is 2.48 bits per heavy atom. The van der Waals surface area contributed by atoms with Crippen LogP contribution in [0.5, 0.6) is 5.75 Å². The minimum atomic E-state index is -1.12. The first-order valence-electron chi connectivity index (χ1n) is 16.3. The van der Waals surface area contributed by atoms with Crippen molar-refractivity contribution < 1.29 is 42.9 Å². The van der Waals surface area contributed by atoms with E-state index in [4.69, 9.17) is 18.9 Å². The van der Waals surface area contributed by atoms with Gasteiger partial charge in [-0.2, -0.15) is 0 Å². The van der Waals surface area contributed by atoms with Gasteiger partial charge in [-0.15, -0.1) is 0 Å². The van der Waals surface area contributed by atoms with E-state index in [1.807, 2.05) is 20.8 Å². The molecule has 2 aliphatic heterocycles. The lowest BCUT2D eigenvalue weighted by Gasteiger charge is -2.42. The van der Waals surface area contributed by atoms with Crippen molar-refractivity contribution >= 4 is 35.7 Å². The molecule has 1 aliphatic carbocycles. The van der Waals surface area contributed by atoms with Crippen LogP contribution in [0.2, 0.25) is 0 Å². The Morgan fingerprint density at radius 1 is 1.09 bits per heavy atom. The molecule has 46 heavy (non-hydrogen) atoms. The van der Waals surface area contributed by atoms with E-state index in [0.29, 0.717) is 48.4 Å². The lowest BCUT2D eigenvalue weighted by atomic mass is 9.97. The molecular weight excluding hydrogens is 596 g/mol. The van der Waals surface area contributed by atoms with Crippen LogP contribution in [0.1, 0.15) is 95.5 Å². The topological polar surface area (TPSA) is 144 Å². The quantitative estimate of drug-likeness (QED) is 0.287. The molecule has 2 heterocycles. The average molecular weight is 645 g/mol. The number of carbonyl (C=O) groups is 5. The van der Waals surface area contributed by atoms with Crippen LogP contribution in [-0.2, 0) is 23.8 Å². The van der Waals surface area contributed by atoms with Gasteiger partial charge in [0.05, 0.1) is 11.7 Å². The van der Waals surface area contributed by atoms with Crippen LogP contribution in [0.4, 0.5) is 15.3 Å². The second-order valence-corrected chi connectivity index (χ2v) is 12.9. The van der Waals surface area contributed by atoms with Crippen molar-refractivity contribution in [2.45, 2.75) is 110 Å². The van der Waals surface area contributed by atoms with Crippen LogP contribution in [0.25, 0.3) is 0 Å². The Labute approximate surface area is 270 Å². The highest BCUT2D eigenvalue weighted by atomic mass is 16.8. The lowest BCUT2D eigenvalue weighted by Crippen LogP contribution is -2.55. The van der Waals surface area contributed by atoms with Gasteiger partial charge in [0, 0.05) is 44.2 Å². The van der Waals surface area contributed by atoms with Crippen molar-refractivity contribution in [3.8, 4) is 5.75 Å². The van der Waals surface area contributed by atoms with Gasteiger partial charge in [-0.3, -0.25) is 14.4 Å². The van der Waals surface area contributed by atoms with E-state index >= 15 is 0 Å². The summed E-state index contributed by atoms with van der Waals surface area (Å²) in [5.74, 6) is -0.138. The van der Waals surface area contributed by atoms with Gasteiger partial charge in [-0.1, -0.05) is 6.92 Å². The Bertz CT molecular complexity index is 1310. The van der Waals surface area contributed by atoms with E-state index in [9.17, 15) is 24.0 Å². The van der Waals surface area contributed by atoms with Crippen LogP contribution >= 0.6 is 0 Å². The second-order valence-electron chi connectivity index (χ2n) is 12.9. The van der Waals surface area contributed by atoms with Gasteiger partial charge >= 0.3 is 12.2 Å². The molecule has 0 radical (unpaired) electrons. The summed E-state index contributed by atoms with van der Waals surface area (Å²) in [4.78, 5) is 69.1. The highest BCUT2D eigenvalue weighted by Gasteiger charge is 2.42. The number of nitrogens with one attached hydrogen (secondary N) is 1. The van der Waals surface area contributed by atoms with Crippen molar-refractivity contribution in [1.29, 1.82) is 0 Å². The predicted molar refractivity (Wildman–Crippen MR) is 169 cm³/mol. The zero-order valence-electron chi connectivity index (χ0n) is 27.9. The van der Waals surface area contributed by atoms with Crippen LogP contribution in [0, 0.1) is 6.92 Å². The first kappa shape index (κ1) is 34.8. The number of likely N-dealkylation sites (tertiary alicyclic amines) is 1. The largest absolute Gasteiger partial charge is 0.511 e. The number of hydrogen-bond donors (Lipinski definition) is 1. The maximum absolute atomic E-state index is 14.2. The number of ether oxygens (including phenoxy) is 4. The summed E-state index contributed by atoms with van der Waals surface area (Å²) in [5, 5.41) is 2.81. The van der Waals surface area contributed by atoms with Gasteiger partial charge < -0.3 is 39.0 Å². The molecule has 4 amide bonds. The Morgan fingerprint density at radius 2 is 1.80 bits per heavy atom. The van der Waals surface area contributed by atoms with Crippen LogP contribution < -0.4 is 15.0 Å². The fourth-order valence-corrected chi connectivity index (χ4v) is 6.30. The summed E-state index contributed by atoms with van der Waals surface area (Å²) < 4.78 is 21.5. The molecule has 2 fully saturated rings. The third-order valence-corrected chi connectivity index (χ3v) is 8.69. The molecule has 13 heteroatoms. The normalized spacial score (nSPS) is 19.3. The lowest BCUT2D eigenvalue weighted by molar-refractivity contribution is -0.132. The summed E-state index contributed by atoms with van der Waals surface area (Å²) in [6.45, 7) is 11.4. The molecule has 254 valence electrons. The van der Waals surface area contributed by atoms with E-state index in [2.05, 4.69) is 5.32 Å². The molecule has 3 aliphatic rings. The van der Waals surface area contributed by atoms with Crippen LogP contribution in [0.15, 0.2) is 12.1 Å². The van der Waals surface area contributed by atoms with Crippen LogP contribution in [0.3, 0.4) is 0 Å². The van der Waals surface area contributed by atoms with E-state index in [1.54, 1.807) is 42.7 Å². The summed E-state index contributed by atoms with van der Waals surface area (Å²) >= 11 is 0. The number of anilines is 1. The summed E-state index contributed by atoms with van der Waals surface area (Å²) in [5.41, 5.74) is 0.450. The van der Waals surface area contributed by atoms with Gasteiger partial charge in [0.1, 0.15) is 11.9 Å². The Kier molecular flexibility index (Phi) is 11.4. The SMILES string of the molecule is CCC(=O)NCCN1C(=O)C(C)(C)Oc2cc(C)c(C(=O)N(C(C)C)[C@@H]3CCCN(C(=O)OCOC(=O)OC4CCCC4)C3)cc21. The summed E-state index contributed by atoms with van der Waals surface area (Å²) in [7, 11) is 0. The number of carbonyl (C=O) groups excluding carboxylic acids is 5. The number of piperidine rings is 1. The van der Waals surface area contributed by atoms with Crippen molar-refractivity contribution in [3.63, 3.8) is 0 Å². The maximum Gasteiger partial charge on any atom is 0.511 e. The Hall–Kier alpha value is -4.03. The third-order valence-electron chi connectivity index (χ3n) is 8.69. The zero-order valence-corrected chi connectivity index (χ0v) is 27.9. The molecule has 1 N–H and O–H groups in total. The minimum absolute atomic E-state index is 0.118. The number of nitrogens with zero attached hydrogens (tertiary/aromatic N) is 3. The smallest absolute Gasteiger partial charge is 0.476 e. The molecular formula is C33H48N4O9. The maximum atomic E-state index is 14.2. The first-order valence-corrected chi connectivity index (χ1v) is 16.3. The molecule has 1 aromatic rings. The highest BCUT2D eigenvalue weighted by Crippen LogP contribution is 2.40. The number of hydrogen-bond acceptors (Lipinski definition) is 9. The molecule has 4 rings (SSSR count). The standard InChI is InChI=1S/C33H48N4O9/c1-7-28(38)34-14-16-36-26-18-25(22(4)17-27(26)46-33(5,6)30(36)40)29(39)37(21(2)3)23-11-10-15-35(19-23)31(41)43-20-44-32(42)45-24-12-8-9-13-24/h17-18,21,23-24H,7-16,19-20H2,1-6H3,(H,34,38)/t23-/m1/s1. The van der Waals surface area contributed by atoms with Gasteiger partial charge in [-0.25, -0.2) is 9.59 Å². The molecule has 0 aromatic heterocycles. The number of fused-ring (bicyclic) bond motifs is 1. The van der Waals surface area contributed by atoms with Gasteiger partial charge in [0.25, 0.3) is 11.8 Å². The van der Waals surface area contributed by atoms with Gasteiger partial charge in [-0.05, 0) is 90.8 Å². The number of amides is 4. The first-order chi connectivity index (χ1) is 21.8. The minimum Gasteiger partial charge on any atom is -0.476 e. The zero-order chi connectivity index (χ0) is 33.6. The summed E-state index contributed by atoms with van der Waals surface area (Å²) in [6.07, 6.45) is 3.66. The molecule has 1 saturated carbocycles. The molecule has 0 unspecified atom stereocenters. The van der Waals surface area contributed by atoms with Crippen molar-refractivity contribution in [2.24, 2.45) is 0 Å². The van der Waals surface area contributed by atoms with E-state index in [0.717, 1.165) is 25.7 Å². The predicted octanol–water partition coefficient (Wildman–Crippen LogP) is 4.53. The van der Waals surface area contributed by atoms with Crippen LogP contribution in [-0.4, -0.2) is 96.5 Å². The Balaban J connectivity index is 1.46. The third kappa shape index (κ3) is 8.21. The highest BCUT2D eigenvalue weighted by molar-refractivity contribution is 6.05. The van der Waals surface area contributed by atoms with Gasteiger partial charge in [0.15, 0.2) is 5.60 Å². The molecule has 13 nitrogen and oxygen atoms in total. The fourth-order valence-electron chi connectivity index (χ4n) is 6.30. The van der Waals surface area contributed by atoms with Crippen molar-refractivity contribution in [2.75, 3.05) is 37.9 Å². The monoisotopic (exact) mass is 644 g/mol. The molecule has 0 spiro atoms. The van der Waals surface area contributed by atoms with Gasteiger partial charge in [0.2, 0.25) is 12.7 Å². The average Bonchev–Trinajstić information content (AvgIpc) is 3.51. The molecule has 1 atom stereocenters.